The number of ether oxygens (including phenoxy) is 3. The molecule has 0 aliphatic carbocycles. The van der Waals surface area contributed by atoms with Crippen LogP contribution in [0.3, 0.4) is 0 Å². The molecule has 0 bridgehead atoms. The number of amides is 1. The second kappa shape index (κ2) is 12.1. The van der Waals surface area contributed by atoms with Crippen molar-refractivity contribution in [3.8, 4) is 17.5 Å². The number of aromatic nitrogens is 2. The Kier molecular flexibility index (Phi) is 8.83. The van der Waals surface area contributed by atoms with E-state index in [-0.39, 0.29) is 31.3 Å². The highest BCUT2D eigenvalue weighted by Gasteiger charge is 2.27. The normalized spacial score (nSPS) is 18.5. The molecule has 11 nitrogen and oxygen atoms in total. The van der Waals surface area contributed by atoms with Crippen LogP contribution in [0.5, 0.6) is 17.5 Å². The Labute approximate surface area is 217 Å². The minimum atomic E-state index is -3.84. The maximum atomic E-state index is 12.2. The van der Waals surface area contributed by atoms with Crippen LogP contribution in [0, 0.1) is 18.8 Å². The number of hydrogen-bond donors (Lipinski definition) is 0. The van der Waals surface area contributed by atoms with Crippen molar-refractivity contribution in [1.82, 2.24) is 14.9 Å². The Morgan fingerprint density at radius 1 is 1.08 bits per heavy atom. The molecule has 1 amide bonds. The van der Waals surface area contributed by atoms with Crippen LogP contribution in [0.4, 0.5) is 4.79 Å². The average Bonchev–Trinajstić information content (AvgIpc) is 2.88. The predicted molar refractivity (Wildman–Crippen MR) is 133 cm³/mol. The lowest BCUT2D eigenvalue weighted by molar-refractivity contribution is 0.0603. The van der Waals surface area contributed by atoms with E-state index in [1.807, 2.05) is 45.0 Å². The van der Waals surface area contributed by atoms with Gasteiger partial charge in [-0.3, -0.25) is 0 Å². The number of likely N-dealkylation sites (tertiary alicyclic amines) is 1. The second-order valence-electron chi connectivity index (χ2n) is 9.68. The lowest BCUT2D eigenvalue weighted by Gasteiger charge is -2.31. The molecule has 0 saturated carbocycles. The third kappa shape index (κ3) is 7.76. The summed E-state index contributed by atoms with van der Waals surface area (Å²) >= 11 is 0. The van der Waals surface area contributed by atoms with Gasteiger partial charge in [-0.05, 0) is 37.0 Å². The van der Waals surface area contributed by atoms with Gasteiger partial charge in [-0.15, -0.1) is 0 Å². The van der Waals surface area contributed by atoms with Gasteiger partial charge in [0.15, 0.2) is 0 Å². The zero-order valence-corrected chi connectivity index (χ0v) is 22.1. The number of rotatable bonds is 8. The summed E-state index contributed by atoms with van der Waals surface area (Å²) in [4.78, 5) is 22.4. The van der Waals surface area contributed by atoms with Crippen LogP contribution in [-0.2, 0) is 29.9 Å². The van der Waals surface area contributed by atoms with E-state index < -0.39 is 10.4 Å². The van der Waals surface area contributed by atoms with Crippen LogP contribution in [0.15, 0.2) is 30.6 Å². The average molecular weight is 536 g/mol. The molecule has 2 saturated heterocycles. The summed E-state index contributed by atoms with van der Waals surface area (Å²) in [6.07, 6.45) is 3.04. The molecule has 0 N–H and O–H groups in total. The van der Waals surface area contributed by atoms with Crippen LogP contribution in [0.25, 0.3) is 0 Å². The number of benzene rings is 1. The van der Waals surface area contributed by atoms with Gasteiger partial charge >= 0.3 is 16.5 Å². The molecule has 4 rings (SSSR count). The van der Waals surface area contributed by atoms with Crippen molar-refractivity contribution < 1.29 is 35.8 Å². The van der Waals surface area contributed by atoms with Crippen molar-refractivity contribution in [2.45, 2.75) is 46.1 Å². The SMILES string of the molecule is Cc1c(Oc2ccc(CC3COS(=O)(=O)OC3)cc2)ncnc1OC1CCN(C(=O)OCC(C)C)CC1. The third-order valence-corrected chi connectivity index (χ3v) is 6.92. The highest BCUT2D eigenvalue weighted by Crippen LogP contribution is 2.29. The lowest BCUT2D eigenvalue weighted by Crippen LogP contribution is -2.42. The predicted octanol–water partition coefficient (Wildman–Crippen LogP) is 3.66. The van der Waals surface area contributed by atoms with Gasteiger partial charge in [-0.2, -0.15) is 8.42 Å². The zero-order valence-electron chi connectivity index (χ0n) is 21.3. The largest absolute Gasteiger partial charge is 0.474 e. The summed E-state index contributed by atoms with van der Waals surface area (Å²) in [7, 11) is -3.84. The Hall–Kier alpha value is -2.96. The fourth-order valence-electron chi connectivity index (χ4n) is 3.98. The molecule has 2 fully saturated rings. The van der Waals surface area contributed by atoms with Gasteiger partial charge in [-0.1, -0.05) is 26.0 Å². The van der Waals surface area contributed by atoms with Crippen LogP contribution in [-0.4, -0.2) is 68.4 Å². The van der Waals surface area contributed by atoms with Gasteiger partial charge in [-0.25, -0.2) is 23.1 Å². The third-order valence-electron chi connectivity index (χ3n) is 6.07. The zero-order chi connectivity index (χ0) is 26.4. The fourth-order valence-corrected chi connectivity index (χ4v) is 4.77. The molecule has 1 aromatic carbocycles. The van der Waals surface area contributed by atoms with Gasteiger partial charge in [0.05, 0.1) is 25.4 Å². The van der Waals surface area contributed by atoms with Crippen LogP contribution < -0.4 is 9.47 Å². The Balaban J connectivity index is 1.29. The van der Waals surface area contributed by atoms with E-state index in [2.05, 4.69) is 9.97 Å². The molecule has 0 unspecified atom stereocenters. The standard InChI is InChI=1S/C25H33N3O8S/c1-17(2)13-32-25(29)28-10-8-22(9-11-28)36-24-18(3)23(26-16-27-24)35-21-6-4-19(5-7-21)12-20-14-33-37(30,31)34-15-20/h4-7,16-17,20,22H,8-15H2,1-3H3. The molecule has 0 radical (unpaired) electrons. The molecular weight excluding hydrogens is 502 g/mol. The molecule has 0 atom stereocenters. The van der Waals surface area contributed by atoms with Gasteiger partial charge in [0.25, 0.3) is 0 Å². The minimum absolute atomic E-state index is 0.0448. The molecule has 2 aliphatic heterocycles. The second-order valence-corrected chi connectivity index (χ2v) is 11.0. The summed E-state index contributed by atoms with van der Waals surface area (Å²) < 4.78 is 49.3. The van der Waals surface area contributed by atoms with Crippen molar-refractivity contribution in [2.24, 2.45) is 11.8 Å². The maximum absolute atomic E-state index is 12.2. The number of hydrogen-bond acceptors (Lipinski definition) is 10. The summed E-state index contributed by atoms with van der Waals surface area (Å²) in [5.41, 5.74) is 1.69. The Bertz CT molecular complexity index is 1150. The molecule has 2 aromatic rings. The highest BCUT2D eigenvalue weighted by atomic mass is 32.3. The molecular formula is C25H33N3O8S. The fraction of sp³-hybridized carbons (Fsp3) is 0.560. The number of nitrogens with zero attached hydrogens (tertiary/aromatic N) is 3. The quantitative estimate of drug-likeness (QED) is 0.494. The molecule has 0 spiro atoms. The van der Waals surface area contributed by atoms with E-state index in [9.17, 15) is 13.2 Å². The van der Waals surface area contributed by atoms with E-state index in [4.69, 9.17) is 22.6 Å². The van der Waals surface area contributed by atoms with E-state index in [0.29, 0.717) is 67.9 Å². The first kappa shape index (κ1) is 27.1. The van der Waals surface area contributed by atoms with Crippen LogP contribution in [0.1, 0.15) is 37.8 Å². The lowest BCUT2D eigenvalue weighted by atomic mass is 10.0. The van der Waals surface area contributed by atoms with E-state index >= 15 is 0 Å². The van der Waals surface area contributed by atoms with Crippen LogP contribution in [0.2, 0.25) is 0 Å². The molecule has 3 heterocycles. The smallest absolute Gasteiger partial charge is 0.409 e. The van der Waals surface area contributed by atoms with Crippen molar-refractivity contribution in [1.29, 1.82) is 0 Å². The topological polar surface area (TPSA) is 126 Å². The van der Waals surface area contributed by atoms with Crippen LogP contribution >= 0.6 is 0 Å². The van der Waals surface area contributed by atoms with E-state index in [1.54, 1.807) is 4.90 Å². The van der Waals surface area contributed by atoms with E-state index in [1.165, 1.54) is 6.33 Å². The molecule has 37 heavy (non-hydrogen) atoms. The molecule has 2 aliphatic rings. The van der Waals surface area contributed by atoms with Crippen molar-refractivity contribution >= 4 is 16.5 Å². The van der Waals surface area contributed by atoms with Gasteiger partial charge in [0, 0.05) is 31.8 Å². The Morgan fingerprint density at radius 2 is 1.73 bits per heavy atom. The van der Waals surface area contributed by atoms with Gasteiger partial charge in [0.1, 0.15) is 18.2 Å². The first-order valence-electron chi connectivity index (χ1n) is 12.4. The monoisotopic (exact) mass is 535 g/mol. The first-order valence-corrected chi connectivity index (χ1v) is 13.7. The minimum Gasteiger partial charge on any atom is -0.474 e. The first-order chi connectivity index (χ1) is 17.7. The van der Waals surface area contributed by atoms with Gasteiger partial charge in [0.2, 0.25) is 11.8 Å². The van der Waals surface area contributed by atoms with Gasteiger partial charge < -0.3 is 19.1 Å². The molecule has 12 heteroatoms. The van der Waals surface area contributed by atoms with E-state index in [0.717, 1.165) is 5.56 Å². The van der Waals surface area contributed by atoms with Crippen molar-refractivity contribution in [2.75, 3.05) is 32.9 Å². The van der Waals surface area contributed by atoms with Crippen molar-refractivity contribution in [3.63, 3.8) is 0 Å². The number of carbonyl (C=O) groups is 1. The number of piperidine rings is 1. The van der Waals surface area contributed by atoms with Crippen molar-refractivity contribution in [3.05, 3.63) is 41.7 Å². The number of carbonyl (C=O) groups excluding carboxylic acids is 1. The summed E-state index contributed by atoms with van der Waals surface area (Å²) in [6.45, 7) is 7.60. The molecule has 202 valence electrons. The highest BCUT2D eigenvalue weighted by molar-refractivity contribution is 7.81. The summed E-state index contributed by atoms with van der Waals surface area (Å²) in [6, 6.07) is 7.47. The summed E-state index contributed by atoms with van der Waals surface area (Å²) in [5, 5.41) is 0. The summed E-state index contributed by atoms with van der Waals surface area (Å²) in [5.74, 6) is 1.70. The molecule has 1 aromatic heterocycles. The maximum Gasteiger partial charge on any atom is 0.409 e. The Morgan fingerprint density at radius 3 is 2.38 bits per heavy atom.